The highest BCUT2D eigenvalue weighted by Gasteiger charge is 2.34. The van der Waals surface area contributed by atoms with Crippen LogP contribution in [0, 0.1) is 10.1 Å². The van der Waals surface area contributed by atoms with Crippen molar-refractivity contribution in [2.24, 2.45) is 0 Å². The highest BCUT2D eigenvalue weighted by atomic mass is 35.5. The zero-order valence-electron chi connectivity index (χ0n) is 10.7. The fourth-order valence-corrected chi connectivity index (χ4v) is 3.84. The molecule has 0 saturated carbocycles. The number of halogens is 1. The van der Waals surface area contributed by atoms with Gasteiger partial charge in [-0.15, -0.1) is 0 Å². The maximum Gasteiger partial charge on any atom is 0.290 e. The predicted molar refractivity (Wildman–Crippen MR) is 74.3 cm³/mol. The molecule has 0 aromatic heterocycles. The van der Waals surface area contributed by atoms with E-state index in [-0.39, 0.29) is 16.0 Å². The molecule has 20 heavy (non-hydrogen) atoms. The number of nitro groups is 1. The number of nitrogens with zero attached hydrogens (tertiary/aromatic N) is 2. The van der Waals surface area contributed by atoms with Crippen LogP contribution < -0.4 is 5.32 Å². The number of likely N-dealkylation sites (N-methyl/N-ethyl adjacent to an activating group) is 1. The Hall–Kier alpha value is -1.22. The van der Waals surface area contributed by atoms with Gasteiger partial charge < -0.3 is 5.32 Å². The lowest BCUT2D eigenvalue weighted by Crippen LogP contribution is -2.38. The molecule has 0 aliphatic carbocycles. The van der Waals surface area contributed by atoms with Gasteiger partial charge in [-0.25, -0.2) is 8.42 Å². The van der Waals surface area contributed by atoms with E-state index in [1.54, 1.807) is 0 Å². The Bertz CT molecular complexity index is 629. The Morgan fingerprint density at radius 1 is 1.50 bits per heavy atom. The first kappa shape index (κ1) is 15.2. The Morgan fingerprint density at radius 2 is 2.20 bits per heavy atom. The molecule has 110 valence electrons. The van der Waals surface area contributed by atoms with Gasteiger partial charge in [-0.1, -0.05) is 11.6 Å². The maximum absolute atomic E-state index is 12.5. The first-order valence-electron chi connectivity index (χ1n) is 5.96. The lowest BCUT2D eigenvalue weighted by Gasteiger charge is -2.22. The average Bonchev–Trinajstić information content (AvgIpc) is 2.91. The molecule has 0 spiro atoms. The van der Waals surface area contributed by atoms with Crippen molar-refractivity contribution in [2.75, 3.05) is 20.1 Å². The van der Waals surface area contributed by atoms with E-state index < -0.39 is 20.6 Å². The van der Waals surface area contributed by atoms with Gasteiger partial charge in [0.05, 0.1) is 4.92 Å². The molecule has 0 radical (unpaired) electrons. The number of rotatable bonds is 4. The summed E-state index contributed by atoms with van der Waals surface area (Å²) in [6.45, 7) is 1.27. The number of nitro benzene ring substituents is 1. The van der Waals surface area contributed by atoms with Gasteiger partial charge in [-0.05, 0) is 25.1 Å². The smallest absolute Gasteiger partial charge is 0.290 e. The molecule has 7 nitrogen and oxygen atoms in total. The van der Waals surface area contributed by atoms with Gasteiger partial charge in [0.15, 0.2) is 4.90 Å². The van der Waals surface area contributed by atoms with Crippen LogP contribution in [0.3, 0.4) is 0 Å². The molecule has 1 unspecified atom stereocenters. The van der Waals surface area contributed by atoms with Crippen molar-refractivity contribution in [1.82, 2.24) is 9.62 Å². The van der Waals surface area contributed by atoms with Gasteiger partial charge in [0.1, 0.15) is 0 Å². The number of sulfonamides is 1. The third-order valence-electron chi connectivity index (χ3n) is 3.32. The largest absolute Gasteiger partial charge is 0.315 e. The molecule has 9 heteroatoms. The summed E-state index contributed by atoms with van der Waals surface area (Å²) < 4.78 is 26.2. The molecule has 1 aromatic rings. The second-order valence-electron chi connectivity index (χ2n) is 4.54. The van der Waals surface area contributed by atoms with Gasteiger partial charge in [-0.2, -0.15) is 4.31 Å². The van der Waals surface area contributed by atoms with Crippen LogP contribution in [0.4, 0.5) is 5.69 Å². The van der Waals surface area contributed by atoms with E-state index >= 15 is 0 Å². The van der Waals surface area contributed by atoms with Gasteiger partial charge in [0.25, 0.3) is 5.69 Å². The predicted octanol–water partition coefficient (Wildman–Crippen LogP) is 1.23. The Balaban J connectivity index is 2.46. The highest BCUT2D eigenvalue weighted by Crippen LogP contribution is 2.30. The van der Waals surface area contributed by atoms with Crippen LogP contribution in [0.25, 0.3) is 0 Å². The number of nitrogens with one attached hydrogen (secondary N) is 1. The summed E-state index contributed by atoms with van der Waals surface area (Å²) >= 11 is 5.69. The molecule has 1 aliphatic rings. The average molecular weight is 320 g/mol. The van der Waals surface area contributed by atoms with Crippen LogP contribution in [-0.4, -0.2) is 43.8 Å². The van der Waals surface area contributed by atoms with E-state index in [0.29, 0.717) is 13.0 Å². The van der Waals surface area contributed by atoms with E-state index in [9.17, 15) is 18.5 Å². The van der Waals surface area contributed by atoms with E-state index in [2.05, 4.69) is 5.32 Å². The summed E-state index contributed by atoms with van der Waals surface area (Å²) in [5.41, 5.74) is -0.504. The fraction of sp³-hybridized carbons (Fsp3) is 0.455. The third-order valence-corrected chi connectivity index (χ3v) is 5.52. The lowest BCUT2D eigenvalue weighted by atomic mass is 10.3. The minimum absolute atomic E-state index is 0.126. The number of hydrogen-bond donors (Lipinski definition) is 1. The molecule has 1 saturated heterocycles. The minimum Gasteiger partial charge on any atom is -0.315 e. The van der Waals surface area contributed by atoms with Crippen LogP contribution in [0.15, 0.2) is 23.1 Å². The molecular formula is C11H14ClN3O4S. The van der Waals surface area contributed by atoms with E-state index in [1.807, 2.05) is 0 Å². The second-order valence-corrected chi connectivity index (χ2v) is 6.94. The number of hydrogen-bond acceptors (Lipinski definition) is 5. The van der Waals surface area contributed by atoms with E-state index in [1.165, 1.54) is 23.5 Å². The first-order valence-corrected chi connectivity index (χ1v) is 7.78. The zero-order valence-corrected chi connectivity index (χ0v) is 12.3. The molecule has 2 rings (SSSR count). The van der Waals surface area contributed by atoms with Gasteiger partial charge in [0.2, 0.25) is 10.0 Å². The molecular weight excluding hydrogens is 306 g/mol. The van der Waals surface area contributed by atoms with Crippen molar-refractivity contribution < 1.29 is 13.3 Å². The Labute approximate surface area is 121 Å². The molecule has 1 N–H and O–H groups in total. The molecule has 0 amide bonds. The summed E-state index contributed by atoms with van der Waals surface area (Å²) in [5.74, 6) is 0. The summed E-state index contributed by atoms with van der Waals surface area (Å²) in [6, 6.07) is 3.36. The SMILES string of the molecule is CN(C1CCNC1)S(=O)(=O)c1ccc(Cl)cc1[N+](=O)[O-]. The molecule has 1 heterocycles. The van der Waals surface area contributed by atoms with Crippen LogP contribution in [-0.2, 0) is 10.0 Å². The third kappa shape index (κ3) is 2.78. The normalized spacial score (nSPS) is 19.4. The molecule has 1 aromatic carbocycles. The highest BCUT2D eigenvalue weighted by molar-refractivity contribution is 7.89. The van der Waals surface area contributed by atoms with Gasteiger partial charge in [0, 0.05) is 30.7 Å². The van der Waals surface area contributed by atoms with Crippen LogP contribution in [0.5, 0.6) is 0 Å². The van der Waals surface area contributed by atoms with Gasteiger partial charge in [-0.3, -0.25) is 10.1 Å². The van der Waals surface area contributed by atoms with E-state index in [4.69, 9.17) is 11.6 Å². The fourth-order valence-electron chi connectivity index (χ4n) is 2.15. The summed E-state index contributed by atoms with van der Waals surface area (Å²) in [4.78, 5) is 9.95. The second kappa shape index (κ2) is 5.65. The summed E-state index contributed by atoms with van der Waals surface area (Å²) in [6.07, 6.45) is 0.678. The first-order chi connectivity index (χ1) is 9.34. The molecule has 1 aliphatic heterocycles. The maximum atomic E-state index is 12.5. The zero-order chi connectivity index (χ0) is 14.9. The van der Waals surface area contributed by atoms with Crippen molar-refractivity contribution in [2.45, 2.75) is 17.4 Å². The Kier molecular flexibility index (Phi) is 4.28. The van der Waals surface area contributed by atoms with Crippen LogP contribution >= 0.6 is 11.6 Å². The van der Waals surface area contributed by atoms with Crippen molar-refractivity contribution in [3.63, 3.8) is 0 Å². The minimum atomic E-state index is -3.92. The van der Waals surface area contributed by atoms with Crippen molar-refractivity contribution >= 4 is 27.3 Å². The Morgan fingerprint density at radius 3 is 2.75 bits per heavy atom. The standard InChI is InChI=1S/C11H14ClN3O4S/c1-14(9-4-5-13-7-9)20(18,19)11-3-2-8(12)6-10(11)15(16)17/h2-3,6,9,13H,4-5,7H2,1H3. The molecule has 1 fully saturated rings. The molecule has 1 atom stereocenters. The van der Waals surface area contributed by atoms with Crippen LogP contribution in [0.1, 0.15) is 6.42 Å². The van der Waals surface area contributed by atoms with E-state index in [0.717, 1.165) is 12.6 Å². The monoisotopic (exact) mass is 319 g/mol. The quantitative estimate of drug-likeness (QED) is 0.665. The topological polar surface area (TPSA) is 92.6 Å². The lowest BCUT2D eigenvalue weighted by molar-refractivity contribution is -0.387. The van der Waals surface area contributed by atoms with Gasteiger partial charge >= 0.3 is 0 Å². The van der Waals surface area contributed by atoms with Crippen molar-refractivity contribution in [3.05, 3.63) is 33.3 Å². The summed E-state index contributed by atoms with van der Waals surface area (Å²) in [5, 5.41) is 14.2. The number of benzene rings is 1. The van der Waals surface area contributed by atoms with Crippen molar-refractivity contribution in [1.29, 1.82) is 0 Å². The van der Waals surface area contributed by atoms with Crippen molar-refractivity contribution in [3.8, 4) is 0 Å². The van der Waals surface area contributed by atoms with Crippen LogP contribution in [0.2, 0.25) is 5.02 Å². The molecule has 0 bridgehead atoms. The summed E-state index contributed by atoms with van der Waals surface area (Å²) in [7, 11) is -2.49.